The predicted molar refractivity (Wildman–Crippen MR) is 73.7 cm³/mol. The minimum atomic E-state index is -0.127. The average molecular weight is 266 g/mol. The predicted octanol–water partition coefficient (Wildman–Crippen LogP) is 1.34. The standard InChI is InChI=1S/C13H22N4O2/c1-4-10(5-2)17(8-9-19-3)13(18)11-6-7-12(14)16-15-11/h6-7,10H,4-5,8-9H2,1-3H3,(H2,14,16). The van der Waals surface area contributed by atoms with Gasteiger partial charge in [0, 0.05) is 19.7 Å². The van der Waals surface area contributed by atoms with Crippen molar-refractivity contribution in [2.45, 2.75) is 32.7 Å². The van der Waals surface area contributed by atoms with E-state index < -0.39 is 0 Å². The average Bonchev–Trinajstić information content (AvgIpc) is 2.43. The van der Waals surface area contributed by atoms with Gasteiger partial charge < -0.3 is 15.4 Å². The molecular weight excluding hydrogens is 244 g/mol. The number of ether oxygens (including phenoxy) is 1. The summed E-state index contributed by atoms with van der Waals surface area (Å²) < 4.78 is 5.07. The third kappa shape index (κ3) is 4.17. The molecule has 0 spiro atoms. The quantitative estimate of drug-likeness (QED) is 0.805. The summed E-state index contributed by atoms with van der Waals surface area (Å²) >= 11 is 0. The van der Waals surface area contributed by atoms with E-state index in [1.807, 2.05) is 0 Å². The summed E-state index contributed by atoms with van der Waals surface area (Å²) in [6.07, 6.45) is 1.79. The first-order chi connectivity index (χ1) is 9.13. The highest BCUT2D eigenvalue weighted by Gasteiger charge is 2.23. The third-order valence-electron chi connectivity index (χ3n) is 3.08. The minimum Gasteiger partial charge on any atom is -0.383 e. The highest BCUT2D eigenvalue weighted by molar-refractivity contribution is 5.92. The molecule has 19 heavy (non-hydrogen) atoms. The van der Waals surface area contributed by atoms with Gasteiger partial charge in [-0.05, 0) is 25.0 Å². The molecule has 1 aromatic heterocycles. The summed E-state index contributed by atoms with van der Waals surface area (Å²) in [6.45, 7) is 5.18. The van der Waals surface area contributed by atoms with Crippen LogP contribution in [0.2, 0.25) is 0 Å². The van der Waals surface area contributed by atoms with E-state index in [2.05, 4.69) is 24.0 Å². The molecule has 0 aliphatic rings. The molecule has 0 saturated carbocycles. The van der Waals surface area contributed by atoms with E-state index >= 15 is 0 Å². The molecule has 0 aliphatic carbocycles. The number of nitrogen functional groups attached to an aromatic ring is 1. The molecule has 0 bridgehead atoms. The molecule has 0 saturated heterocycles. The van der Waals surface area contributed by atoms with Crippen LogP contribution in [0.25, 0.3) is 0 Å². The van der Waals surface area contributed by atoms with Crippen LogP contribution in [-0.4, -0.2) is 47.3 Å². The Hall–Kier alpha value is -1.69. The van der Waals surface area contributed by atoms with Crippen molar-refractivity contribution >= 4 is 11.7 Å². The number of carbonyl (C=O) groups excluding carboxylic acids is 1. The highest BCUT2D eigenvalue weighted by Crippen LogP contribution is 2.12. The Balaban J connectivity index is 2.89. The number of amides is 1. The van der Waals surface area contributed by atoms with Crippen molar-refractivity contribution in [2.75, 3.05) is 26.0 Å². The maximum Gasteiger partial charge on any atom is 0.274 e. The van der Waals surface area contributed by atoms with E-state index in [1.165, 1.54) is 0 Å². The van der Waals surface area contributed by atoms with Gasteiger partial charge in [-0.15, -0.1) is 10.2 Å². The molecule has 6 nitrogen and oxygen atoms in total. The Morgan fingerprint density at radius 2 is 2.05 bits per heavy atom. The van der Waals surface area contributed by atoms with Crippen LogP contribution in [0.3, 0.4) is 0 Å². The number of nitrogens with two attached hydrogens (primary N) is 1. The lowest BCUT2D eigenvalue weighted by Gasteiger charge is -2.30. The van der Waals surface area contributed by atoms with Crippen LogP contribution in [0.5, 0.6) is 0 Å². The van der Waals surface area contributed by atoms with Crippen LogP contribution in [0.1, 0.15) is 37.2 Å². The zero-order chi connectivity index (χ0) is 14.3. The van der Waals surface area contributed by atoms with Gasteiger partial charge in [0.25, 0.3) is 5.91 Å². The van der Waals surface area contributed by atoms with Gasteiger partial charge in [-0.2, -0.15) is 0 Å². The highest BCUT2D eigenvalue weighted by atomic mass is 16.5. The first kappa shape index (κ1) is 15.4. The molecule has 1 heterocycles. The second-order valence-electron chi connectivity index (χ2n) is 4.31. The number of rotatable bonds is 7. The van der Waals surface area contributed by atoms with Gasteiger partial charge in [0.2, 0.25) is 0 Å². The number of anilines is 1. The number of hydrogen-bond acceptors (Lipinski definition) is 5. The molecule has 0 aromatic carbocycles. The van der Waals surface area contributed by atoms with Crippen LogP contribution >= 0.6 is 0 Å². The monoisotopic (exact) mass is 266 g/mol. The van der Waals surface area contributed by atoms with Crippen LogP contribution < -0.4 is 5.73 Å². The van der Waals surface area contributed by atoms with Crippen LogP contribution in [0.15, 0.2) is 12.1 Å². The summed E-state index contributed by atoms with van der Waals surface area (Å²) in [6, 6.07) is 3.37. The van der Waals surface area contributed by atoms with Gasteiger partial charge in [0.05, 0.1) is 6.61 Å². The molecule has 106 valence electrons. The van der Waals surface area contributed by atoms with Crippen molar-refractivity contribution in [3.05, 3.63) is 17.8 Å². The molecule has 1 rings (SSSR count). The second kappa shape index (κ2) is 7.68. The maximum absolute atomic E-state index is 12.4. The van der Waals surface area contributed by atoms with E-state index in [-0.39, 0.29) is 11.9 Å². The van der Waals surface area contributed by atoms with E-state index in [9.17, 15) is 4.79 Å². The molecule has 0 aliphatic heterocycles. The summed E-state index contributed by atoms with van der Waals surface area (Å²) in [4.78, 5) is 14.2. The Morgan fingerprint density at radius 3 is 2.53 bits per heavy atom. The maximum atomic E-state index is 12.4. The molecule has 0 unspecified atom stereocenters. The van der Waals surface area contributed by atoms with Crippen molar-refractivity contribution in [1.82, 2.24) is 15.1 Å². The molecule has 0 fully saturated rings. The van der Waals surface area contributed by atoms with E-state index in [0.29, 0.717) is 24.7 Å². The largest absolute Gasteiger partial charge is 0.383 e. The normalized spacial score (nSPS) is 10.7. The van der Waals surface area contributed by atoms with Crippen LogP contribution in [-0.2, 0) is 4.74 Å². The van der Waals surface area contributed by atoms with Crippen LogP contribution in [0.4, 0.5) is 5.82 Å². The first-order valence-corrected chi connectivity index (χ1v) is 6.53. The van der Waals surface area contributed by atoms with E-state index in [0.717, 1.165) is 12.8 Å². The number of methoxy groups -OCH3 is 1. The summed E-state index contributed by atoms with van der Waals surface area (Å²) in [5, 5.41) is 7.57. The zero-order valence-corrected chi connectivity index (χ0v) is 11.8. The van der Waals surface area contributed by atoms with Crippen molar-refractivity contribution < 1.29 is 9.53 Å². The van der Waals surface area contributed by atoms with Gasteiger partial charge in [-0.25, -0.2) is 0 Å². The summed E-state index contributed by atoms with van der Waals surface area (Å²) in [7, 11) is 1.62. The lowest BCUT2D eigenvalue weighted by atomic mass is 10.1. The molecule has 0 atom stereocenters. The zero-order valence-electron chi connectivity index (χ0n) is 11.8. The Kier molecular flexibility index (Phi) is 6.21. The molecule has 0 radical (unpaired) electrons. The number of carbonyl (C=O) groups is 1. The number of aromatic nitrogens is 2. The fraction of sp³-hybridized carbons (Fsp3) is 0.615. The van der Waals surface area contributed by atoms with E-state index in [4.69, 9.17) is 10.5 Å². The summed E-state index contributed by atoms with van der Waals surface area (Å²) in [5.74, 6) is 0.181. The number of nitrogens with zero attached hydrogens (tertiary/aromatic N) is 3. The summed E-state index contributed by atoms with van der Waals surface area (Å²) in [5.41, 5.74) is 5.79. The van der Waals surface area contributed by atoms with Gasteiger partial charge in [0.15, 0.2) is 5.69 Å². The second-order valence-corrected chi connectivity index (χ2v) is 4.31. The Bertz CT molecular complexity index is 390. The fourth-order valence-corrected chi connectivity index (χ4v) is 1.97. The molecule has 2 N–H and O–H groups in total. The van der Waals surface area contributed by atoms with E-state index in [1.54, 1.807) is 24.1 Å². The fourth-order valence-electron chi connectivity index (χ4n) is 1.97. The lowest BCUT2D eigenvalue weighted by molar-refractivity contribution is 0.0582. The van der Waals surface area contributed by atoms with Crippen molar-refractivity contribution in [1.29, 1.82) is 0 Å². The van der Waals surface area contributed by atoms with Crippen molar-refractivity contribution in [3.8, 4) is 0 Å². The minimum absolute atomic E-state index is 0.127. The topological polar surface area (TPSA) is 81.3 Å². The third-order valence-corrected chi connectivity index (χ3v) is 3.08. The number of hydrogen-bond donors (Lipinski definition) is 1. The smallest absolute Gasteiger partial charge is 0.274 e. The SMILES string of the molecule is CCC(CC)N(CCOC)C(=O)c1ccc(N)nn1. The molecule has 6 heteroatoms. The first-order valence-electron chi connectivity index (χ1n) is 6.53. The Morgan fingerprint density at radius 1 is 1.37 bits per heavy atom. The lowest BCUT2D eigenvalue weighted by Crippen LogP contribution is -2.42. The Labute approximate surface area is 113 Å². The van der Waals surface area contributed by atoms with Crippen molar-refractivity contribution in [2.24, 2.45) is 0 Å². The van der Waals surface area contributed by atoms with Crippen LogP contribution in [0, 0.1) is 0 Å². The molecule has 1 aromatic rings. The van der Waals surface area contributed by atoms with Gasteiger partial charge in [-0.1, -0.05) is 13.8 Å². The van der Waals surface area contributed by atoms with Gasteiger partial charge >= 0.3 is 0 Å². The van der Waals surface area contributed by atoms with Crippen molar-refractivity contribution in [3.63, 3.8) is 0 Å². The molecule has 1 amide bonds. The van der Waals surface area contributed by atoms with Gasteiger partial charge in [0.1, 0.15) is 5.82 Å². The molecular formula is C13H22N4O2. The van der Waals surface area contributed by atoms with Gasteiger partial charge in [-0.3, -0.25) is 4.79 Å².